The van der Waals surface area contributed by atoms with Crippen molar-refractivity contribution < 1.29 is 8.95 Å². The van der Waals surface area contributed by atoms with E-state index in [0.29, 0.717) is 11.3 Å². The predicted octanol–water partition coefficient (Wildman–Crippen LogP) is 3.89. The van der Waals surface area contributed by atoms with Gasteiger partial charge in [0.05, 0.1) is 6.61 Å². The molecule has 5 nitrogen and oxygen atoms in total. The summed E-state index contributed by atoms with van der Waals surface area (Å²) in [5.74, 6) is 1.63. The van der Waals surface area contributed by atoms with Crippen LogP contribution in [0, 0.1) is 0 Å². The topological polar surface area (TPSA) is 62.7 Å². The van der Waals surface area contributed by atoms with E-state index in [9.17, 15) is 4.21 Å². The molecule has 2 N–H and O–H groups in total. The first kappa shape index (κ1) is 26.4. The molecule has 3 atom stereocenters. The van der Waals surface area contributed by atoms with Gasteiger partial charge in [-0.05, 0) is 44.6 Å². The van der Waals surface area contributed by atoms with E-state index in [1.807, 2.05) is 13.0 Å². The molecule has 0 aliphatic heterocycles. The molecule has 1 saturated carbocycles. The third-order valence-corrected chi connectivity index (χ3v) is 6.80. The van der Waals surface area contributed by atoms with Crippen LogP contribution in [0.15, 0.2) is 35.3 Å². The lowest BCUT2D eigenvalue weighted by Crippen LogP contribution is -2.46. The Hall–Kier alpha value is -0.670. The lowest BCUT2D eigenvalue weighted by atomic mass is 9.95. The molecular formula is C22H38IN3O2S. The highest BCUT2D eigenvalue weighted by Crippen LogP contribution is 2.22. The van der Waals surface area contributed by atoms with Crippen LogP contribution in [0.4, 0.5) is 0 Å². The van der Waals surface area contributed by atoms with Crippen molar-refractivity contribution in [3.8, 4) is 0 Å². The van der Waals surface area contributed by atoms with Crippen molar-refractivity contribution in [3.63, 3.8) is 0 Å². The SMILES string of the molecule is CCNC(=NCCCOCCc1ccccc1)NC1CCCC(S(=O)CC)C1.I. The first-order valence-electron chi connectivity index (χ1n) is 10.8. The Morgan fingerprint density at radius 3 is 2.72 bits per heavy atom. The van der Waals surface area contributed by atoms with Crippen LogP contribution in [0.2, 0.25) is 0 Å². The van der Waals surface area contributed by atoms with Crippen molar-refractivity contribution >= 4 is 40.7 Å². The molecule has 7 heteroatoms. The third kappa shape index (κ3) is 10.8. The lowest BCUT2D eigenvalue weighted by molar-refractivity contribution is 0.136. The number of ether oxygens (including phenoxy) is 1. The Morgan fingerprint density at radius 2 is 2.00 bits per heavy atom. The van der Waals surface area contributed by atoms with Crippen LogP contribution >= 0.6 is 24.0 Å². The van der Waals surface area contributed by atoms with Crippen LogP contribution < -0.4 is 10.6 Å². The summed E-state index contributed by atoms with van der Waals surface area (Å²) in [6.07, 6.45) is 6.21. The van der Waals surface area contributed by atoms with Gasteiger partial charge in [0.25, 0.3) is 0 Å². The average Bonchev–Trinajstić information content (AvgIpc) is 2.73. The van der Waals surface area contributed by atoms with E-state index in [1.54, 1.807) is 0 Å². The zero-order chi connectivity index (χ0) is 20.0. The summed E-state index contributed by atoms with van der Waals surface area (Å²) in [6, 6.07) is 10.8. The Bertz CT molecular complexity index is 601. The zero-order valence-corrected chi connectivity index (χ0v) is 21.0. The molecule has 0 saturated heterocycles. The number of hydrogen-bond donors (Lipinski definition) is 2. The van der Waals surface area contributed by atoms with Crippen LogP contribution in [0.25, 0.3) is 0 Å². The van der Waals surface area contributed by atoms with Gasteiger partial charge in [-0.15, -0.1) is 24.0 Å². The van der Waals surface area contributed by atoms with E-state index >= 15 is 0 Å². The minimum Gasteiger partial charge on any atom is -0.381 e. The molecule has 1 aromatic rings. The van der Waals surface area contributed by atoms with Gasteiger partial charge in [0, 0.05) is 47.5 Å². The highest BCUT2D eigenvalue weighted by Gasteiger charge is 2.25. The van der Waals surface area contributed by atoms with Crippen LogP contribution in [-0.2, 0) is 22.0 Å². The largest absolute Gasteiger partial charge is 0.381 e. The maximum Gasteiger partial charge on any atom is 0.191 e. The standard InChI is InChI=1S/C22H37N3O2S.HI/c1-3-23-22(25-20-12-8-13-21(18-20)28(26)4-2)24-15-9-16-27-17-14-19-10-6-5-7-11-19;/h5-7,10-11,20-21H,3-4,8-9,12-18H2,1-2H3,(H2,23,24,25);1H. The molecule has 3 unspecified atom stereocenters. The number of aliphatic imine (C=N–C) groups is 1. The van der Waals surface area contributed by atoms with Gasteiger partial charge in [0.2, 0.25) is 0 Å². The van der Waals surface area contributed by atoms with E-state index in [2.05, 4.69) is 41.8 Å². The second-order valence-electron chi connectivity index (χ2n) is 7.26. The second-order valence-corrected chi connectivity index (χ2v) is 9.27. The van der Waals surface area contributed by atoms with Crippen molar-refractivity contribution in [2.45, 2.75) is 63.7 Å². The Morgan fingerprint density at radius 1 is 1.21 bits per heavy atom. The molecule has 0 amide bonds. The fourth-order valence-electron chi connectivity index (χ4n) is 3.56. The second kappa shape index (κ2) is 16.1. The van der Waals surface area contributed by atoms with Gasteiger partial charge in [-0.25, -0.2) is 0 Å². The quantitative estimate of drug-likeness (QED) is 0.195. The van der Waals surface area contributed by atoms with Gasteiger partial charge in [-0.3, -0.25) is 9.20 Å². The van der Waals surface area contributed by atoms with Crippen LogP contribution in [0.3, 0.4) is 0 Å². The van der Waals surface area contributed by atoms with Crippen molar-refractivity contribution in [2.24, 2.45) is 4.99 Å². The summed E-state index contributed by atoms with van der Waals surface area (Å²) in [5, 5.41) is 7.22. The smallest absolute Gasteiger partial charge is 0.191 e. The molecule has 166 valence electrons. The van der Waals surface area contributed by atoms with E-state index in [-0.39, 0.29) is 24.0 Å². The molecule has 0 spiro atoms. The molecule has 2 rings (SSSR count). The molecule has 1 aliphatic carbocycles. The van der Waals surface area contributed by atoms with Crippen molar-refractivity contribution in [1.82, 2.24) is 10.6 Å². The number of nitrogens with one attached hydrogen (secondary N) is 2. The monoisotopic (exact) mass is 535 g/mol. The Balaban J connectivity index is 0.00000420. The summed E-state index contributed by atoms with van der Waals surface area (Å²) in [4.78, 5) is 4.69. The van der Waals surface area contributed by atoms with Gasteiger partial charge in [0.15, 0.2) is 5.96 Å². The number of guanidine groups is 1. The highest BCUT2D eigenvalue weighted by atomic mass is 127. The highest BCUT2D eigenvalue weighted by molar-refractivity contribution is 14.0. The van der Waals surface area contributed by atoms with E-state index < -0.39 is 10.8 Å². The van der Waals surface area contributed by atoms with E-state index in [0.717, 1.165) is 76.5 Å². The maximum absolute atomic E-state index is 12.1. The average molecular weight is 536 g/mol. The third-order valence-electron chi connectivity index (χ3n) is 5.06. The Kier molecular flexibility index (Phi) is 14.6. The molecule has 0 heterocycles. The van der Waals surface area contributed by atoms with Crippen LogP contribution in [-0.4, -0.2) is 53.5 Å². The fourth-order valence-corrected chi connectivity index (χ4v) is 4.91. The summed E-state index contributed by atoms with van der Waals surface area (Å²) in [7, 11) is -0.694. The fraction of sp³-hybridized carbons (Fsp3) is 0.682. The molecule has 0 radical (unpaired) electrons. The van der Waals surface area contributed by atoms with Crippen molar-refractivity contribution in [1.29, 1.82) is 0 Å². The number of hydrogen-bond acceptors (Lipinski definition) is 3. The minimum atomic E-state index is -0.694. The molecule has 1 aromatic carbocycles. The minimum absolute atomic E-state index is 0. The summed E-state index contributed by atoms with van der Waals surface area (Å²) >= 11 is 0. The predicted molar refractivity (Wildman–Crippen MR) is 135 cm³/mol. The van der Waals surface area contributed by atoms with Gasteiger partial charge in [0.1, 0.15) is 0 Å². The molecule has 0 bridgehead atoms. The normalized spacial score (nSPS) is 20.6. The van der Waals surface area contributed by atoms with E-state index in [1.165, 1.54) is 5.56 Å². The van der Waals surface area contributed by atoms with Gasteiger partial charge in [-0.2, -0.15) is 0 Å². The molecule has 29 heavy (non-hydrogen) atoms. The van der Waals surface area contributed by atoms with E-state index in [4.69, 9.17) is 9.73 Å². The number of benzene rings is 1. The van der Waals surface area contributed by atoms with Crippen LogP contribution in [0.5, 0.6) is 0 Å². The van der Waals surface area contributed by atoms with Gasteiger partial charge in [-0.1, -0.05) is 43.7 Å². The Labute approximate surface area is 196 Å². The van der Waals surface area contributed by atoms with Gasteiger partial charge >= 0.3 is 0 Å². The van der Waals surface area contributed by atoms with Crippen LogP contribution in [0.1, 0.15) is 51.5 Å². The number of halogens is 1. The molecular weight excluding hydrogens is 497 g/mol. The number of rotatable bonds is 11. The first-order valence-corrected chi connectivity index (χ1v) is 12.1. The summed E-state index contributed by atoms with van der Waals surface area (Å²) in [6.45, 7) is 7.18. The summed E-state index contributed by atoms with van der Waals surface area (Å²) < 4.78 is 17.9. The van der Waals surface area contributed by atoms with Gasteiger partial charge < -0.3 is 15.4 Å². The summed E-state index contributed by atoms with van der Waals surface area (Å²) in [5.41, 5.74) is 1.31. The molecule has 0 aromatic heterocycles. The lowest BCUT2D eigenvalue weighted by Gasteiger charge is -2.30. The molecule has 1 aliphatic rings. The van der Waals surface area contributed by atoms with Crippen molar-refractivity contribution in [2.75, 3.05) is 32.1 Å². The first-order chi connectivity index (χ1) is 13.7. The van der Waals surface area contributed by atoms with Crippen molar-refractivity contribution in [3.05, 3.63) is 35.9 Å². The zero-order valence-electron chi connectivity index (χ0n) is 17.9. The maximum atomic E-state index is 12.1. The molecule has 1 fully saturated rings. The number of nitrogens with zero attached hydrogens (tertiary/aromatic N) is 1.